The van der Waals surface area contributed by atoms with Crippen molar-refractivity contribution in [2.24, 2.45) is 25.2 Å². The van der Waals surface area contributed by atoms with Gasteiger partial charge in [0.15, 0.2) is 0 Å². The zero-order valence-corrected chi connectivity index (χ0v) is 81.7. The number of allylic oxidation sites excluding steroid dienone is 7. The number of aliphatic imine (C=N–C) groups is 3. The normalized spacial score (nSPS) is 9.81. The van der Waals surface area contributed by atoms with E-state index in [1.54, 1.807) is 105 Å². The second kappa shape index (κ2) is 112. The van der Waals surface area contributed by atoms with Gasteiger partial charge in [0, 0.05) is 135 Å². The van der Waals surface area contributed by atoms with Gasteiger partial charge >= 0.3 is 0 Å². The first kappa shape index (κ1) is 126. The maximum atomic E-state index is 4.18. The van der Waals surface area contributed by atoms with Gasteiger partial charge in [-0.2, -0.15) is 35.8 Å². The molecule has 12 heterocycles. The minimum absolute atomic E-state index is 0.760. The lowest BCUT2D eigenvalue weighted by atomic mass is 10.1. The van der Waals surface area contributed by atoms with E-state index in [-0.39, 0.29) is 0 Å². The lowest BCUT2D eigenvalue weighted by molar-refractivity contribution is 0.940. The number of nitrogens with zero attached hydrogens (tertiary/aromatic N) is 18. The molecular weight excluding hydrogens is 1560 g/mol. The van der Waals surface area contributed by atoms with Crippen molar-refractivity contribution in [1.29, 1.82) is 0 Å². The molecular formula is C108H155N19. The van der Waals surface area contributed by atoms with Gasteiger partial charge in [-0.3, -0.25) is 49.9 Å². The molecule has 2 aliphatic carbocycles. The van der Waals surface area contributed by atoms with Crippen LogP contribution in [0.15, 0.2) is 392 Å². The standard InChI is InChI=1S/2C9H7N.C9H8.C8H6N2.C8H7N.C7H6N2.C5H5N.C5H6.3C4H4N2.2C4H5N.C2H3N3.13C2H6/c1-2-6-9-8(4-1)5-3-7-10-9;1-2-4-9-7-10-6-5-8(9)3-1;1-2-5-9-7-3-6-8(9)4-1;1-2-4-8-7(3-1)9-5-6-10-8;1-2-4-8-6-9-5-7(8)3-1;1-2-4-7-6(3-1)5-8-9-7;1-2-4-6-5-3-1;1-2-4-5-3-1;1-2-6-4-3-5-1;1-2-5-4-6-3-1;1-2-4-6-5-3-1;3*1-2-4-5-3-1;13*1-2/h2*1-7H;1-6H,7H2;1-6H;1-5H,6H2;1-4H,5H2;1-5H;1-4H,5H2;3*1-4H;1,3-4H,2H2;1-3H,4H2;1-2H,(H,3,4,5);13*1-2H3. The number of fused-ring (bicyclic) bond motifs is 6. The van der Waals surface area contributed by atoms with Crippen LogP contribution >= 0.6 is 0 Å². The summed E-state index contributed by atoms with van der Waals surface area (Å²) in [5.41, 5.74) is 10.7. The van der Waals surface area contributed by atoms with Crippen molar-refractivity contribution in [3.05, 3.63) is 394 Å². The summed E-state index contributed by atoms with van der Waals surface area (Å²) in [6.45, 7) is 54.5. The lowest BCUT2D eigenvalue weighted by Gasteiger charge is -1.93. The van der Waals surface area contributed by atoms with Gasteiger partial charge in [-0.1, -0.05) is 362 Å². The number of H-pyrrole nitrogens is 1. The fourth-order valence-electron chi connectivity index (χ4n) is 8.37. The van der Waals surface area contributed by atoms with Crippen LogP contribution in [0.25, 0.3) is 38.8 Å². The molecule has 0 radical (unpaired) electrons. The number of hydrogen-bond acceptors (Lipinski definition) is 18. The molecule has 682 valence electrons. The second-order valence-electron chi connectivity index (χ2n) is 20.3. The Morgan fingerprint density at radius 2 is 0.764 bits per heavy atom. The zero-order chi connectivity index (χ0) is 95.9. The molecule has 127 heavy (non-hydrogen) atoms. The summed E-state index contributed by atoms with van der Waals surface area (Å²) in [5.74, 6) is 0. The van der Waals surface area contributed by atoms with E-state index >= 15 is 0 Å². The number of rotatable bonds is 0. The summed E-state index contributed by atoms with van der Waals surface area (Å²) in [4.78, 5) is 46.8. The quantitative estimate of drug-likeness (QED) is 0.149. The fraction of sp³-hybridized carbons (Fsp3) is 0.296. The number of para-hydroxylation sites is 3. The Bertz CT molecular complexity index is 3860. The predicted octanol–water partition coefficient (Wildman–Crippen LogP) is 31.0. The second-order valence-corrected chi connectivity index (χ2v) is 20.3. The van der Waals surface area contributed by atoms with E-state index in [0.717, 1.165) is 61.1 Å². The molecule has 4 aliphatic heterocycles. The van der Waals surface area contributed by atoms with Crippen molar-refractivity contribution in [3.63, 3.8) is 0 Å². The largest absolute Gasteiger partial charge is 0.289 e. The Balaban J connectivity index is -0.000000241. The van der Waals surface area contributed by atoms with Gasteiger partial charge in [-0.25, -0.2) is 9.97 Å². The SMILES string of the molecule is C1=CCC=C1.C1=CCN=C1.C1=CN=CC1.C1=Cc2ccccc2C1.C1=NCc2ccccc21.CC.CC.CC.CC.CC.CC.CC.CC.CC.CC.CC.CC.CC.c1ccc2c(c1)CN=N2.c1ccc2cnccc2c1.c1ccc2ncccc2c1.c1ccc2nccnc2c1.c1ccncc1.c1ccnnc1.c1cn[nH]n1.c1cnccn1.c1cncnc1. The smallest absolute Gasteiger partial charge is 0.115 e. The summed E-state index contributed by atoms with van der Waals surface area (Å²) < 4.78 is 0. The van der Waals surface area contributed by atoms with Crippen molar-refractivity contribution in [1.82, 2.24) is 70.5 Å². The molecule has 1 N–H and O–H groups in total. The third kappa shape index (κ3) is 74.7. The van der Waals surface area contributed by atoms with E-state index in [2.05, 4.69) is 199 Å². The summed E-state index contributed by atoms with van der Waals surface area (Å²) in [6, 6.07) is 66.0. The minimum Gasteiger partial charge on any atom is -0.289 e. The van der Waals surface area contributed by atoms with Crippen LogP contribution in [0.2, 0.25) is 0 Å². The molecule has 19 nitrogen and oxygen atoms in total. The molecule has 20 rings (SSSR count). The first-order chi connectivity index (χ1) is 63.3. The van der Waals surface area contributed by atoms with Crippen molar-refractivity contribution >= 4 is 63.1 Å². The van der Waals surface area contributed by atoms with Crippen LogP contribution in [0, 0.1) is 0 Å². The molecule has 19 heteroatoms. The number of azo groups is 1. The van der Waals surface area contributed by atoms with E-state index in [4.69, 9.17) is 0 Å². The summed E-state index contributed by atoms with van der Waals surface area (Å²) in [6.07, 6.45) is 59.7. The maximum absolute atomic E-state index is 4.18. The van der Waals surface area contributed by atoms with E-state index < -0.39 is 0 Å². The van der Waals surface area contributed by atoms with Crippen molar-refractivity contribution < 1.29 is 0 Å². The number of pyridine rings is 3. The van der Waals surface area contributed by atoms with Gasteiger partial charge < -0.3 is 0 Å². The third-order valence-electron chi connectivity index (χ3n) is 13.2. The molecule has 0 amide bonds. The Morgan fingerprint density at radius 1 is 0.291 bits per heavy atom. The average molecular weight is 1720 g/mol. The van der Waals surface area contributed by atoms with E-state index in [0.29, 0.717) is 0 Å². The number of nitrogens with one attached hydrogen (secondary N) is 1. The molecule has 0 unspecified atom stereocenters. The first-order valence-electron chi connectivity index (χ1n) is 45.2. The maximum Gasteiger partial charge on any atom is 0.115 e. The molecule has 0 saturated carbocycles. The summed E-state index contributed by atoms with van der Waals surface area (Å²) >= 11 is 0. The third-order valence-corrected chi connectivity index (χ3v) is 13.2. The molecule has 0 fully saturated rings. The van der Waals surface area contributed by atoms with Crippen LogP contribution < -0.4 is 0 Å². The lowest BCUT2D eigenvalue weighted by Crippen LogP contribution is -1.79. The van der Waals surface area contributed by atoms with Crippen molar-refractivity contribution in [3.8, 4) is 0 Å². The molecule has 8 aromatic heterocycles. The molecule has 0 spiro atoms. The van der Waals surface area contributed by atoms with Gasteiger partial charge in [0.1, 0.15) is 6.33 Å². The van der Waals surface area contributed by atoms with E-state index in [1.165, 1.54) is 50.3 Å². The van der Waals surface area contributed by atoms with Crippen LogP contribution in [0.4, 0.5) is 5.69 Å². The fourth-order valence-corrected chi connectivity index (χ4v) is 8.37. The Kier molecular flexibility index (Phi) is 112. The highest BCUT2D eigenvalue weighted by Crippen LogP contribution is 2.25. The highest BCUT2D eigenvalue weighted by atomic mass is 15.3. The number of benzene rings is 6. The predicted molar refractivity (Wildman–Crippen MR) is 556 cm³/mol. The molecule has 6 aliphatic rings. The minimum atomic E-state index is 0.760. The summed E-state index contributed by atoms with van der Waals surface area (Å²) in [7, 11) is 0. The average Bonchev–Trinajstić information content (AvgIpc) is 1.15. The number of aromatic amines is 1. The van der Waals surface area contributed by atoms with Crippen molar-refractivity contribution in [2.75, 3.05) is 6.54 Å². The molecule has 14 aromatic rings. The van der Waals surface area contributed by atoms with Gasteiger partial charge in [-0.05, 0) is 119 Å². The Hall–Kier alpha value is -13.7. The van der Waals surface area contributed by atoms with Crippen LogP contribution in [0.3, 0.4) is 0 Å². The van der Waals surface area contributed by atoms with E-state index in [9.17, 15) is 0 Å². The van der Waals surface area contributed by atoms with Gasteiger partial charge in [0.25, 0.3) is 0 Å². The van der Waals surface area contributed by atoms with E-state index in [1.807, 2.05) is 357 Å². The van der Waals surface area contributed by atoms with Crippen LogP contribution in [0.5, 0.6) is 0 Å². The monoisotopic (exact) mass is 1720 g/mol. The van der Waals surface area contributed by atoms with Gasteiger partial charge in [0.2, 0.25) is 0 Å². The highest BCUT2D eigenvalue weighted by Gasteiger charge is 2.04. The van der Waals surface area contributed by atoms with Crippen molar-refractivity contribution in [2.45, 2.75) is 212 Å². The molecule has 0 atom stereocenters. The number of aromatic nitrogens is 14. The van der Waals surface area contributed by atoms with Gasteiger partial charge in [0.05, 0.1) is 54.3 Å². The molecule has 0 bridgehead atoms. The van der Waals surface area contributed by atoms with Crippen LogP contribution in [0.1, 0.15) is 221 Å². The molecule has 6 aromatic carbocycles. The highest BCUT2D eigenvalue weighted by molar-refractivity contribution is 5.84. The van der Waals surface area contributed by atoms with Gasteiger partial charge in [-0.15, -0.1) is 0 Å². The topological polar surface area (TPSA) is 245 Å². The van der Waals surface area contributed by atoms with Crippen LogP contribution in [-0.4, -0.2) is 95.7 Å². The van der Waals surface area contributed by atoms with Crippen LogP contribution in [-0.2, 0) is 19.5 Å². The zero-order valence-electron chi connectivity index (χ0n) is 81.7. The Labute approximate surface area is 767 Å². The molecule has 0 saturated heterocycles. The first-order valence-corrected chi connectivity index (χ1v) is 45.2. The summed E-state index contributed by atoms with van der Waals surface area (Å²) in [5, 5.41) is 27.8. The number of hydrogen-bond donors (Lipinski definition) is 1. The Morgan fingerprint density at radius 3 is 1.15 bits per heavy atom.